The van der Waals surface area contributed by atoms with Crippen LogP contribution in [0.2, 0.25) is 0 Å². The van der Waals surface area contributed by atoms with Crippen LogP contribution in [0.3, 0.4) is 0 Å². The van der Waals surface area contributed by atoms with Crippen LogP contribution in [0, 0.1) is 5.92 Å². The van der Waals surface area contributed by atoms with Crippen molar-refractivity contribution in [3.63, 3.8) is 0 Å². The first-order valence-electron chi connectivity index (χ1n) is 8.96. The zero-order chi connectivity index (χ0) is 18.7. The number of carbonyl (C=O) groups is 2. The molecule has 0 spiro atoms. The number of thiazole rings is 1. The van der Waals surface area contributed by atoms with Gasteiger partial charge in [-0.25, -0.2) is 9.78 Å². The van der Waals surface area contributed by atoms with Gasteiger partial charge in [0.2, 0.25) is 5.91 Å². The van der Waals surface area contributed by atoms with Gasteiger partial charge in [0.05, 0.1) is 12.1 Å². The minimum atomic E-state index is -0.485. The van der Waals surface area contributed by atoms with E-state index in [4.69, 9.17) is 4.74 Å². The van der Waals surface area contributed by atoms with Gasteiger partial charge in [0.25, 0.3) is 0 Å². The molecule has 1 fully saturated rings. The van der Waals surface area contributed by atoms with Crippen molar-refractivity contribution in [2.45, 2.75) is 45.6 Å². The molecular formula is C18H26N4O3S. The Morgan fingerprint density at radius 1 is 1.35 bits per heavy atom. The zero-order valence-electron chi connectivity index (χ0n) is 15.5. The average molecular weight is 378 g/mol. The molecule has 0 unspecified atom stereocenters. The van der Waals surface area contributed by atoms with E-state index in [9.17, 15) is 9.59 Å². The first-order chi connectivity index (χ1) is 12.3. The third-order valence-electron chi connectivity index (χ3n) is 4.38. The summed E-state index contributed by atoms with van der Waals surface area (Å²) in [4.78, 5) is 31.5. The second kappa shape index (κ2) is 7.65. The molecule has 0 aliphatic carbocycles. The largest absolute Gasteiger partial charge is 0.444 e. The quantitative estimate of drug-likeness (QED) is 0.887. The molecule has 7 nitrogen and oxygen atoms in total. The Morgan fingerprint density at radius 2 is 2.08 bits per heavy atom. The molecule has 8 heteroatoms. The third kappa shape index (κ3) is 4.97. The number of hydrogen-bond donors (Lipinski definition) is 1. The molecule has 1 N–H and O–H groups in total. The topological polar surface area (TPSA) is 75.9 Å². The van der Waals surface area contributed by atoms with Crippen molar-refractivity contribution < 1.29 is 14.3 Å². The molecule has 0 atom stereocenters. The fourth-order valence-electron chi connectivity index (χ4n) is 3.06. The van der Waals surface area contributed by atoms with E-state index in [1.807, 2.05) is 47.8 Å². The molecule has 1 aliphatic heterocycles. The van der Waals surface area contributed by atoms with Crippen molar-refractivity contribution in [3.8, 4) is 0 Å². The lowest BCUT2D eigenvalue weighted by molar-refractivity contribution is -0.131. The number of fused-ring (bicyclic) bond motifs is 1. The van der Waals surface area contributed by atoms with E-state index >= 15 is 0 Å². The van der Waals surface area contributed by atoms with Gasteiger partial charge in [0, 0.05) is 37.4 Å². The smallest absolute Gasteiger partial charge is 0.407 e. The van der Waals surface area contributed by atoms with Crippen LogP contribution in [0.25, 0.3) is 4.96 Å². The van der Waals surface area contributed by atoms with Crippen molar-refractivity contribution in [2.24, 2.45) is 5.92 Å². The van der Waals surface area contributed by atoms with Crippen LogP contribution < -0.4 is 5.32 Å². The standard InChI is InChI=1S/C18H26N4O3S/c1-18(2,3)25-17(24)19-11-13-4-6-21(7-5-13)15(23)10-14-12-22-8-9-26-16(22)20-14/h8-9,12-13H,4-7,10-11H2,1-3H3,(H,19,24). The maximum absolute atomic E-state index is 12.5. The van der Waals surface area contributed by atoms with Gasteiger partial charge in [-0.2, -0.15) is 0 Å². The Bertz CT molecular complexity index is 740. The molecule has 2 aromatic rings. The average Bonchev–Trinajstić information content (AvgIpc) is 3.13. The number of hydrogen-bond acceptors (Lipinski definition) is 5. The van der Waals surface area contributed by atoms with Gasteiger partial charge < -0.3 is 15.0 Å². The fourth-order valence-corrected chi connectivity index (χ4v) is 3.78. The highest BCUT2D eigenvalue weighted by Gasteiger charge is 2.24. The summed E-state index contributed by atoms with van der Waals surface area (Å²) >= 11 is 1.56. The van der Waals surface area contributed by atoms with Crippen LogP contribution in [-0.2, 0) is 16.0 Å². The highest BCUT2D eigenvalue weighted by molar-refractivity contribution is 7.15. The number of nitrogens with one attached hydrogen (secondary N) is 1. The molecule has 0 bridgehead atoms. The van der Waals surface area contributed by atoms with Crippen LogP contribution in [0.4, 0.5) is 4.79 Å². The molecule has 1 aliphatic rings. The lowest BCUT2D eigenvalue weighted by atomic mass is 9.96. The highest BCUT2D eigenvalue weighted by atomic mass is 32.1. The zero-order valence-corrected chi connectivity index (χ0v) is 16.3. The van der Waals surface area contributed by atoms with E-state index in [-0.39, 0.29) is 12.0 Å². The van der Waals surface area contributed by atoms with Gasteiger partial charge in [0.1, 0.15) is 5.60 Å². The van der Waals surface area contributed by atoms with Gasteiger partial charge >= 0.3 is 6.09 Å². The molecule has 0 radical (unpaired) electrons. The molecule has 0 saturated carbocycles. The van der Waals surface area contributed by atoms with Crippen LogP contribution in [0.1, 0.15) is 39.3 Å². The Balaban J connectivity index is 1.41. The van der Waals surface area contributed by atoms with Crippen molar-refractivity contribution >= 4 is 28.3 Å². The normalized spacial score (nSPS) is 16.0. The van der Waals surface area contributed by atoms with E-state index in [2.05, 4.69) is 10.3 Å². The number of carbonyl (C=O) groups excluding carboxylic acids is 2. The summed E-state index contributed by atoms with van der Waals surface area (Å²) in [6, 6.07) is 0. The number of amides is 2. The van der Waals surface area contributed by atoms with Crippen LogP contribution in [0.15, 0.2) is 17.8 Å². The van der Waals surface area contributed by atoms with Crippen LogP contribution in [0.5, 0.6) is 0 Å². The number of nitrogens with zero attached hydrogens (tertiary/aromatic N) is 3. The van der Waals surface area contributed by atoms with Crippen LogP contribution in [-0.4, -0.2) is 51.5 Å². The molecule has 3 rings (SSSR count). The summed E-state index contributed by atoms with van der Waals surface area (Å²) in [5.41, 5.74) is 0.331. The van der Waals surface area contributed by atoms with Gasteiger partial charge in [-0.05, 0) is 39.5 Å². The SMILES string of the molecule is CC(C)(C)OC(=O)NCC1CCN(C(=O)Cc2cn3ccsc3n2)CC1. The van der Waals surface area contributed by atoms with Gasteiger partial charge in [-0.3, -0.25) is 9.20 Å². The molecule has 3 heterocycles. The number of rotatable bonds is 4. The summed E-state index contributed by atoms with van der Waals surface area (Å²) < 4.78 is 7.20. The molecule has 2 amide bonds. The Labute approximate surface area is 157 Å². The maximum Gasteiger partial charge on any atom is 0.407 e. The first-order valence-corrected chi connectivity index (χ1v) is 9.84. The molecule has 2 aromatic heterocycles. The van der Waals surface area contributed by atoms with Gasteiger partial charge in [-0.15, -0.1) is 11.3 Å². The number of imidazole rings is 1. The molecule has 26 heavy (non-hydrogen) atoms. The lowest BCUT2D eigenvalue weighted by Gasteiger charge is -2.32. The lowest BCUT2D eigenvalue weighted by Crippen LogP contribution is -2.42. The highest BCUT2D eigenvalue weighted by Crippen LogP contribution is 2.18. The summed E-state index contributed by atoms with van der Waals surface area (Å²) in [6.07, 6.45) is 5.61. The van der Waals surface area contributed by atoms with Gasteiger partial charge in [-0.1, -0.05) is 0 Å². The minimum Gasteiger partial charge on any atom is -0.444 e. The fraction of sp³-hybridized carbons (Fsp3) is 0.611. The predicted octanol–water partition coefficient (Wildman–Crippen LogP) is 2.70. The van der Waals surface area contributed by atoms with Crippen molar-refractivity contribution in [1.82, 2.24) is 19.6 Å². The summed E-state index contributed by atoms with van der Waals surface area (Å²) in [6.45, 7) is 7.58. The molecular weight excluding hydrogens is 352 g/mol. The Hall–Kier alpha value is -2.09. The van der Waals surface area contributed by atoms with Gasteiger partial charge in [0.15, 0.2) is 4.96 Å². The Morgan fingerprint density at radius 3 is 2.73 bits per heavy atom. The van der Waals surface area contributed by atoms with E-state index in [0.717, 1.165) is 36.6 Å². The Kier molecular flexibility index (Phi) is 5.50. The summed E-state index contributed by atoms with van der Waals surface area (Å²) in [5, 5.41) is 4.80. The van der Waals surface area contributed by atoms with Crippen molar-refractivity contribution in [2.75, 3.05) is 19.6 Å². The maximum atomic E-state index is 12.5. The first kappa shape index (κ1) is 18.7. The number of alkyl carbamates (subject to hydrolysis) is 1. The van der Waals surface area contributed by atoms with E-state index in [1.165, 1.54) is 0 Å². The second-order valence-corrected chi connectivity index (χ2v) is 8.58. The molecule has 142 valence electrons. The van der Waals surface area contributed by atoms with Crippen molar-refractivity contribution in [3.05, 3.63) is 23.5 Å². The number of aromatic nitrogens is 2. The van der Waals surface area contributed by atoms with E-state index in [1.54, 1.807) is 11.3 Å². The molecule has 1 saturated heterocycles. The monoisotopic (exact) mass is 378 g/mol. The van der Waals surface area contributed by atoms with E-state index in [0.29, 0.717) is 18.9 Å². The van der Waals surface area contributed by atoms with E-state index < -0.39 is 5.60 Å². The third-order valence-corrected chi connectivity index (χ3v) is 5.15. The molecule has 0 aromatic carbocycles. The number of piperidine rings is 1. The second-order valence-electron chi connectivity index (χ2n) is 7.71. The number of likely N-dealkylation sites (tertiary alicyclic amines) is 1. The summed E-state index contributed by atoms with van der Waals surface area (Å²) in [5.74, 6) is 0.499. The summed E-state index contributed by atoms with van der Waals surface area (Å²) in [7, 11) is 0. The number of ether oxygens (including phenoxy) is 1. The predicted molar refractivity (Wildman–Crippen MR) is 100 cm³/mol. The van der Waals surface area contributed by atoms with Crippen LogP contribution >= 0.6 is 11.3 Å². The minimum absolute atomic E-state index is 0.120. The van der Waals surface area contributed by atoms with Crippen molar-refractivity contribution in [1.29, 1.82) is 0 Å².